The van der Waals surface area contributed by atoms with Gasteiger partial charge in [0, 0.05) is 146 Å². The number of nitrogens with two attached hydrogens (primary N) is 2. The molecule has 0 saturated heterocycles. The van der Waals surface area contributed by atoms with Crippen LogP contribution in [-0.4, -0.2) is 187 Å². The molecule has 0 fully saturated rings. The van der Waals surface area contributed by atoms with E-state index in [0.717, 1.165) is 36.4 Å². The second-order valence-corrected chi connectivity index (χ2v) is 17.9. The molecule has 0 aliphatic heterocycles. The topological polar surface area (TPSA) is 393 Å². The number of anilines is 2. The molecule has 31 heteroatoms. The van der Waals surface area contributed by atoms with Crippen molar-refractivity contribution in [3.8, 4) is 17.2 Å². The number of aromatic hydroxyl groups is 2. The molecule has 64 heavy (non-hydrogen) atoms. The Kier molecular flexibility index (Phi) is 19.7. The SMILES string of the molecule is COc1cc(N=Nc2ccc(N=Nc3c(S(=O)(=O)O)cc4cc(S(=O)(=O)O)cc(N)c4c3O)cc2)ccc1N=Nc1c(S(=O)(=O)O)cc2cc(S(=O)(=O)O)cc(N)c2c1O.[Na].[Na].[Na].[Na]. The summed E-state index contributed by atoms with van der Waals surface area (Å²) in [4.78, 5) is -3.33. The van der Waals surface area contributed by atoms with Crippen LogP contribution >= 0.6 is 0 Å². The van der Waals surface area contributed by atoms with Crippen molar-refractivity contribution in [1.29, 1.82) is 0 Å². The second-order valence-electron chi connectivity index (χ2n) is 12.2. The van der Waals surface area contributed by atoms with Crippen molar-refractivity contribution < 1.29 is 66.8 Å². The van der Waals surface area contributed by atoms with Gasteiger partial charge in [-0.25, -0.2) is 0 Å². The van der Waals surface area contributed by atoms with Crippen molar-refractivity contribution in [1.82, 2.24) is 0 Å². The monoisotopic (exact) mass is 994 g/mol. The summed E-state index contributed by atoms with van der Waals surface area (Å²) < 4.78 is 139. The Morgan fingerprint density at radius 1 is 0.469 bits per heavy atom. The van der Waals surface area contributed by atoms with Gasteiger partial charge in [-0.1, -0.05) is 0 Å². The van der Waals surface area contributed by atoms with E-state index in [-0.39, 0.29) is 180 Å². The first kappa shape index (κ1) is 57.4. The Morgan fingerprint density at radius 2 is 0.828 bits per heavy atom. The Bertz CT molecular complexity index is 3370. The predicted octanol–water partition coefficient (Wildman–Crippen LogP) is 5.29. The number of fused-ring (bicyclic) bond motifs is 2. The summed E-state index contributed by atoms with van der Waals surface area (Å²) in [6.45, 7) is 0. The van der Waals surface area contributed by atoms with Crippen molar-refractivity contribution in [2.45, 2.75) is 19.6 Å². The third-order valence-corrected chi connectivity index (χ3v) is 11.7. The van der Waals surface area contributed by atoms with Crippen LogP contribution in [0, 0.1) is 0 Å². The van der Waals surface area contributed by atoms with Gasteiger partial charge in [0.2, 0.25) is 0 Å². The maximum Gasteiger partial charge on any atom is 0.296 e. The van der Waals surface area contributed by atoms with E-state index in [1.807, 2.05) is 0 Å². The van der Waals surface area contributed by atoms with Gasteiger partial charge in [-0.2, -0.15) is 49.0 Å². The maximum atomic E-state index is 12.3. The number of hydrogen-bond acceptors (Lipinski definition) is 19. The zero-order chi connectivity index (χ0) is 44.1. The number of benzene rings is 6. The van der Waals surface area contributed by atoms with Gasteiger partial charge in [-0.15, -0.1) is 15.3 Å². The molecule has 0 saturated carbocycles. The van der Waals surface area contributed by atoms with Gasteiger partial charge < -0.3 is 26.4 Å². The van der Waals surface area contributed by atoms with Crippen LogP contribution in [-0.2, 0) is 40.5 Å². The molecule has 0 spiro atoms. The molecule has 0 aromatic heterocycles. The molecule has 0 amide bonds. The molecule has 0 bridgehead atoms. The quantitative estimate of drug-likeness (QED) is 0.0354. The number of nitrogens with zero attached hydrogens (tertiary/aromatic N) is 6. The molecule has 0 atom stereocenters. The van der Waals surface area contributed by atoms with Gasteiger partial charge in [-0.05, 0) is 83.6 Å². The molecule has 6 rings (SSSR count). The molecule has 6 aromatic carbocycles. The summed E-state index contributed by atoms with van der Waals surface area (Å²) in [5, 5.41) is 44.4. The summed E-state index contributed by atoms with van der Waals surface area (Å²) in [6, 6.07) is 14.6. The molecular formula is C33H26N8Na4O15S4. The van der Waals surface area contributed by atoms with Gasteiger partial charge in [0.05, 0.1) is 34.0 Å². The van der Waals surface area contributed by atoms with Crippen LogP contribution < -0.4 is 16.2 Å². The number of rotatable bonds is 11. The van der Waals surface area contributed by atoms with E-state index in [4.69, 9.17) is 16.2 Å². The van der Waals surface area contributed by atoms with E-state index in [2.05, 4.69) is 30.7 Å². The minimum absolute atomic E-state index is 0. The van der Waals surface area contributed by atoms with E-state index in [1.165, 1.54) is 49.6 Å². The fourth-order valence-electron chi connectivity index (χ4n) is 5.59. The average molecular weight is 995 g/mol. The van der Waals surface area contributed by atoms with Gasteiger partial charge in [-0.3, -0.25) is 18.2 Å². The van der Waals surface area contributed by atoms with Gasteiger partial charge >= 0.3 is 0 Å². The zero-order valence-electron chi connectivity index (χ0n) is 33.8. The Labute approximate surface area is 451 Å². The number of phenolic OH excluding ortho intramolecular Hbond substituents is 2. The number of phenols is 2. The fraction of sp³-hybridized carbons (Fsp3) is 0.0303. The van der Waals surface area contributed by atoms with Crippen molar-refractivity contribution >= 4 is 226 Å². The molecule has 316 valence electrons. The third kappa shape index (κ3) is 12.8. The molecule has 0 aliphatic carbocycles. The van der Waals surface area contributed by atoms with Gasteiger partial charge in [0.1, 0.15) is 32.6 Å². The Balaban J connectivity index is 0.00000352. The molecule has 6 aromatic rings. The van der Waals surface area contributed by atoms with Crippen LogP contribution in [0.1, 0.15) is 0 Å². The van der Waals surface area contributed by atoms with Crippen LogP contribution in [0.5, 0.6) is 17.2 Å². The maximum absolute atomic E-state index is 12.3. The van der Waals surface area contributed by atoms with Crippen LogP contribution in [0.15, 0.2) is 129 Å². The molecule has 0 aliphatic rings. The van der Waals surface area contributed by atoms with Crippen LogP contribution in [0.2, 0.25) is 0 Å². The molecule has 0 unspecified atom stereocenters. The minimum atomic E-state index is -5.11. The first-order valence-electron chi connectivity index (χ1n) is 16.0. The summed E-state index contributed by atoms with van der Waals surface area (Å²) in [5.74, 6) is -1.73. The fourth-order valence-corrected chi connectivity index (χ4v) is 8.01. The van der Waals surface area contributed by atoms with Gasteiger partial charge in [0.15, 0.2) is 11.5 Å². The molecule has 23 nitrogen and oxygen atoms in total. The first-order valence-corrected chi connectivity index (χ1v) is 21.7. The number of azo groups is 3. The van der Waals surface area contributed by atoms with E-state index < -0.39 is 82.9 Å². The van der Waals surface area contributed by atoms with Gasteiger partial charge in [0.25, 0.3) is 40.5 Å². The van der Waals surface area contributed by atoms with E-state index in [9.17, 15) is 62.1 Å². The zero-order valence-corrected chi connectivity index (χ0v) is 45.1. The van der Waals surface area contributed by atoms with E-state index >= 15 is 0 Å². The largest absolute Gasteiger partial charge is 0.505 e. The number of nitrogen functional groups attached to an aromatic ring is 2. The average Bonchev–Trinajstić information content (AvgIpc) is 3.14. The Morgan fingerprint density at radius 3 is 1.20 bits per heavy atom. The van der Waals surface area contributed by atoms with E-state index in [0.29, 0.717) is 0 Å². The molecule has 0 heterocycles. The smallest absolute Gasteiger partial charge is 0.296 e. The molecule has 10 N–H and O–H groups in total. The minimum Gasteiger partial charge on any atom is -0.505 e. The normalized spacial score (nSPS) is 12.2. The van der Waals surface area contributed by atoms with Crippen molar-refractivity contribution in [2.24, 2.45) is 30.7 Å². The predicted molar refractivity (Wildman–Crippen MR) is 234 cm³/mol. The summed E-state index contributed by atoms with van der Waals surface area (Å²) in [6.07, 6.45) is 0. The number of hydrogen-bond donors (Lipinski definition) is 8. The van der Waals surface area contributed by atoms with Crippen molar-refractivity contribution in [2.75, 3.05) is 18.6 Å². The van der Waals surface area contributed by atoms with Crippen LogP contribution in [0.4, 0.5) is 45.5 Å². The second kappa shape index (κ2) is 21.9. The standard InChI is InChI=1S/C33H26N8O15S4.4Na/c1-56-25-12-19(6-7-24(25)39-41-31-27(60(53,54)55)11-16-9-21(58(47,48)49)14-23(35)29(16)33(31)43)38-36-17-2-4-18(5-3-17)37-40-30-26(59(50,51)52)10-15-8-20(57(44,45)46)13-22(34)28(15)32(30)42;;;;/h2-14,42-43H,34-35H2,1H3,(H,44,45,46)(H,47,48,49)(H,50,51,52)(H,53,54,55);;;;. The van der Waals surface area contributed by atoms with Crippen molar-refractivity contribution in [3.63, 3.8) is 0 Å². The van der Waals surface area contributed by atoms with Crippen molar-refractivity contribution in [3.05, 3.63) is 78.9 Å². The van der Waals surface area contributed by atoms with Crippen LogP contribution in [0.3, 0.4) is 0 Å². The third-order valence-electron chi connectivity index (χ3n) is 8.28. The first-order chi connectivity index (χ1) is 27.9. The molecule has 4 radical (unpaired) electrons. The summed E-state index contributed by atoms with van der Waals surface area (Å²) in [5.41, 5.74) is 10.1. The number of ether oxygens (including phenoxy) is 1. The number of methoxy groups -OCH3 is 1. The molecular weight excluding hydrogens is 969 g/mol. The Hall–Kier alpha value is -2.72. The van der Waals surface area contributed by atoms with Crippen LogP contribution in [0.25, 0.3) is 21.5 Å². The van der Waals surface area contributed by atoms with E-state index in [1.54, 1.807) is 0 Å². The summed E-state index contributed by atoms with van der Waals surface area (Å²) >= 11 is 0. The summed E-state index contributed by atoms with van der Waals surface area (Å²) in [7, 11) is -18.5.